The molecular weight excluding hydrogens is 307 g/mol. The van der Waals surface area contributed by atoms with Crippen LogP contribution < -0.4 is 10.1 Å². The molecular formula is C17H16F3NO2. The van der Waals surface area contributed by atoms with E-state index >= 15 is 0 Å². The Morgan fingerprint density at radius 3 is 2.35 bits per heavy atom. The molecule has 0 spiro atoms. The third kappa shape index (κ3) is 3.64. The third-order valence-electron chi connectivity index (χ3n) is 3.53. The van der Waals surface area contributed by atoms with Crippen LogP contribution >= 0.6 is 0 Å². The molecule has 23 heavy (non-hydrogen) atoms. The monoisotopic (exact) mass is 323 g/mol. The first-order valence-electron chi connectivity index (χ1n) is 6.94. The Labute approximate surface area is 132 Å². The summed E-state index contributed by atoms with van der Waals surface area (Å²) in [4.78, 5) is 11.8. The second kappa shape index (κ2) is 6.73. The van der Waals surface area contributed by atoms with Crippen LogP contribution in [0.1, 0.15) is 16.7 Å². The fourth-order valence-corrected chi connectivity index (χ4v) is 2.09. The Morgan fingerprint density at radius 1 is 1.00 bits per heavy atom. The maximum atomic E-state index is 13.5. The van der Waals surface area contributed by atoms with Gasteiger partial charge in [0.1, 0.15) is 5.75 Å². The van der Waals surface area contributed by atoms with Gasteiger partial charge in [-0.05, 0) is 49.6 Å². The molecule has 2 aromatic carbocycles. The highest BCUT2D eigenvalue weighted by molar-refractivity contribution is 5.92. The Bertz CT molecular complexity index is 760. The van der Waals surface area contributed by atoms with Crippen molar-refractivity contribution in [2.45, 2.75) is 20.8 Å². The summed E-state index contributed by atoms with van der Waals surface area (Å²) < 4.78 is 44.9. The quantitative estimate of drug-likeness (QED) is 0.862. The lowest BCUT2D eigenvalue weighted by molar-refractivity contribution is -0.118. The van der Waals surface area contributed by atoms with Crippen LogP contribution in [0.15, 0.2) is 24.3 Å². The molecule has 0 fully saturated rings. The highest BCUT2D eigenvalue weighted by Crippen LogP contribution is 2.26. The molecule has 6 heteroatoms. The van der Waals surface area contributed by atoms with Gasteiger partial charge in [-0.1, -0.05) is 12.1 Å². The van der Waals surface area contributed by atoms with E-state index in [4.69, 9.17) is 4.74 Å². The van der Waals surface area contributed by atoms with E-state index in [1.807, 2.05) is 32.9 Å². The van der Waals surface area contributed by atoms with Gasteiger partial charge in [-0.2, -0.15) is 0 Å². The molecule has 122 valence electrons. The molecule has 0 saturated heterocycles. The lowest BCUT2D eigenvalue weighted by Crippen LogP contribution is -2.21. The zero-order valence-electron chi connectivity index (χ0n) is 13.0. The number of carbonyl (C=O) groups excluding carboxylic acids is 1. The summed E-state index contributed by atoms with van der Waals surface area (Å²) in [6, 6.07) is 5.50. The second-order valence-corrected chi connectivity index (χ2v) is 5.21. The summed E-state index contributed by atoms with van der Waals surface area (Å²) in [5.41, 5.74) is 2.34. The van der Waals surface area contributed by atoms with Crippen LogP contribution in [-0.2, 0) is 4.79 Å². The van der Waals surface area contributed by atoms with Crippen LogP contribution in [0.2, 0.25) is 0 Å². The summed E-state index contributed by atoms with van der Waals surface area (Å²) in [5, 5.41) is 2.16. The number of halogens is 3. The number of carbonyl (C=O) groups is 1. The van der Waals surface area contributed by atoms with E-state index < -0.39 is 29.0 Å². The van der Waals surface area contributed by atoms with Gasteiger partial charge in [-0.25, -0.2) is 13.2 Å². The van der Waals surface area contributed by atoms with Gasteiger partial charge < -0.3 is 10.1 Å². The molecule has 0 unspecified atom stereocenters. The summed E-state index contributed by atoms with van der Waals surface area (Å²) in [6.07, 6.45) is 0. The lowest BCUT2D eigenvalue weighted by Gasteiger charge is -2.14. The van der Waals surface area contributed by atoms with Gasteiger partial charge in [0.15, 0.2) is 24.1 Å². The van der Waals surface area contributed by atoms with Crippen molar-refractivity contribution in [3.63, 3.8) is 0 Å². The van der Waals surface area contributed by atoms with Crippen LogP contribution in [0.5, 0.6) is 5.75 Å². The van der Waals surface area contributed by atoms with Crippen molar-refractivity contribution in [2.75, 3.05) is 11.9 Å². The Hall–Kier alpha value is -2.50. The summed E-state index contributed by atoms with van der Waals surface area (Å²) in [6.45, 7) is 5.25. The lowest BCUT2D eigenvalue weighted by atomic mass is 10.1. The largest absolute Gasteiger partial charge is 0.483 e. The van der Waals surface area contributed by atoms with E-state index in [0.29, 0.717) is 5.75 Å². The van der Waals surface area contributed by atoms with E-state index in [1.165, 1.54) is 0 Å². The molecule has 1 amide bonds. The van der Waals surface area contributed by atoms with Crippen molar-refractivity contribution in [3.8, 4) is 5.75 Å². The molecule has 0 heterocycles. The van der Waals surface area contributed by atoms with Gasteiger partial charge in [-0.3, -0.25) is 4.79 Å². The summed E-state index contributed by atoms with van der Waals surface area (Å²) >= 11 is 0. The summed E-state index contributed by atoms with van der Waals surface area (Å²) in [7, 11) is 0. The van der Waals surface area contributed by atoms with E-state index in [-0.39, 0.29) is 6.61 Å². The molecule has 1 N–H and O–H groups in total. The fourth-order valence-electron chi connectivity index (χ4n) is 2.09. The topological polar surface area (TPSA) is 38.3 Å². The molecule has 0 bridgehead atoms. The predicted octanol–water partition coefficient (Wildman–Crippen LogP) is 4.05. The van der Waals surface area contributed by atoms with Crippen molar-refractivity contribution >= 4 is 11.6 Å². The first kappa shape index (κ1) is 16.9. The predicted molar refractivity (Wildman–Crippen MR) is 81.1 cm³/mol. The van der Waals surface area contributed by atoms with E-state index in [9.17, 15) is 18.0 Å². The number of anilines is 1. The first-order valence-corrected chi connectivity index (χ1v) is 6.94. The number of hydrogen-bond acceptors (Lipinski definition) is 2. The molecule has 2 rings (SSSR count). The average Bonchev–Trinajstić information content (AvgIpc) is 2.52. The van der Waals surface area contributed by atoms with Gasteiger partial charge in [0.05, 0.1) is 5.69 Å². The number of nitrogens with one attached hydrogen (secondary N) is 1. The number of rotatable bonds is 4. The molecule has 0 aliphatic rings. The molecule has 0 aliphatic heterocycles. The zero-order chi connectivity index (χ0) is 17.1. The Balaban J connectivity index is 2.07. The average molecular weight is 323 g/mol. The Kier molecular flexibility index (Phi) is 4.93. The number of aryl methyl sites for hydroxylation is 2. The minimum Gasteiger partial charge on any atom is -0.483 e. The molecule has 0 saturated carbocycles. The van der Waals surface area contributed by atoms with Crippen LogP contribution in [-0.4, -0.2) is 12.5 Å². The maximum Gasteiger partial charge on any atom is 0.262 e. The first-order chi connectivity index (χ1) is 10.8. The highest BCUT2D eigenvalue weighted by atomic mass is 19.2. The van der Waals surface area contributed by atoms with Gasteiger partial charge in [0.25, 0.3) is 5.91 Å². The van der Waals surface area contributed by atoms with E-state index in [0.717, 1.165) is 28.8 Å². The van der Waals surface area contributed by atoms with Gasteiger partial charge in [-0.15, -0.1) is 0 Å². The minimum atomic E-state index is -1.63. The van der Waals surface area contributed by atoms with Crippen molar-refractivity contribution in [2.24, 2.45) is 0 Å². The standard InChI is InChI=1S/C17H16F3NO2/c1-9-4-5-10(2)17(11(9)3)23-8-14(22)21-13-7-6-12(18)15(19)16(13)20/h4-7H,8H2,1-3H3,(H,21,22). The smallest absolute Gasteiger partial charge is 0.262 e. The molecule has 3 nitrogen and oxygen atoms in total. The van der Waals surface area contributed by atoms with E-state index in [2.05, 4.69) is 5.32 Å². The second-order valence-electron chi connectivity index (χ2n) is 5.21. The molecule has 0 radical (unpaired) electrons. The number of ether oxygens (including phenoxy) is 1. The minimum absolute atomic E-state index is 0.371. The van der Waals surface area contributed by atoms with Gasteiger partial charge in [0.2, 0.25) is 0 Å². The molecule has 0 aliphatic carbocycles. The molecule has 0 atom stereocenters. The highest BCUT2D eigenvalue weighted by Gasteiger charge is 2.16. The molecule has 0 aromatic heterocycles. The third-order valence-corrected chi connectivity index (χ3v) is 3.53. The summed E-state index contributed by atoms with van der Waals surface area (Å²) in [5.74, 6) is -4.49. The van der Waals surface area contributed by atoms with Crippen molar-refractivity contribution in [1.82, 2.24) is 0 Å². The van der Waals surface area contributed by atoms with Crippen molar-refractivity contribution in [3.05, 3.63) is 58.4 Å². The van der Waals surface area contributed by atoms with Crippen LogP contribution in [0.25, 0.3) is 0 Å². The normalized spacial score (nSPS) is 10.5. The maximum absolute atomic E-state index is 13.5. The fraction of sp³-hybridized carbons (Fsp3) is 0.235. The number of benzene rings is 2. The Morgan fingerprint density at radius 2 is 1.65 bits per heavy atom. The van der Waals surface area contributed by atoms with Crippen LogP contribution in [0.4, 0.5) is 18.9 Å². The van der Waals surface area contributed by atoms with Crippen molar-refractivity contribution < 1.29 is 22.7 Å². The zero-order valence-corrected chi connectivity index (χ0v) is 13.0. The van der Waals surface area contributed by atoms with Crippen LogP contribution in [0.3, 0.4) is 0 Å². The van der Waals surface area contributed by atoms with Crippen LogP contribution in [0, 0.1) is 38.2 Å². The molecule has 2 aromatic rings. The number of hydrogen-bond donors (Lipinski definition) is 1. The van der Waals surface area contributed by atoms with Crippen molar-refractivity contribution in [1.29, 1.82) is 0 Å². The van der Waals surface area contributed by atoms with E-state index in [1.54, 1.807) is 0 Å². The van der Waals surface area contributed by atoms with Gasteiger partial charge in [0, 0.05) is 0 Å². The van der Waals surface area contributed by atoms with Gasteiger partial charge >= 0.3 is 0 Å². The SMILES string of the molecule is Cc1ccc(C)c(OCC(=O)Nc2ccc(F)c(F)c2F)c1C. The number of amides is 1.